The molecule has 0 saturated carbocycles. The number of hydrogen-bond acceptors (Lipinski definition) is 2. The maximum absolute atomic E-state index is 11.9. The Morgan fingerprint density at radius 3 is 2.50 bits per heavy atom. The quantitative estimate of drug-likeness (QED) is 0.796. The number of carbonyl (C=O) groups is 1. The van der Waals surface area contributed by atoms with Crippen LogP contribution in [-0.2, 0) is 11.3 Å². The van der Waals surface area contributed by atoms with E-state index in [2.05, 4.69) is 12.1 Å². The fraction of sp³-hybridized carbons (Fsp3) is 0.235. The molecule has 0 radical (unpaired) electrons. The van der Waals surface area contributed by atoms with Gasteiger partial charge in [-0.05, 0) is 11.6 Å². The molecular weight excluding hydrogens is 250 g/mol. The van der Waals surface area contributed by atoms with Crippen LogP contribution in [0.1, 0.15) is 23.6 Å². The lowest BCUT2D eigenvalue weighted by Crippen LogP contribution is -2.45. The van der Waals surface area contributed by atoms with Crippen LogP contribution in [0.15, 0.2) is 54.6 Å². The van der Waals surface area contributed by atoms with Crippen LogP contribution >= 0.6 is 0 Å². The summed E-state index contributed by atoms with van der Waals surface area (Å²) in [6.45, 7) is 0.600. The van der Waals surface area contributed by atoms with Gasteiger partial charge in [-0.1, -0.05) is 48.5 Å². The fourth-order valence-electron chi connectivity index (χ4n) is 2.64. The first-order chi connectivity index (χ1) is 9.79. The lowest BCUT2D eigenvalue weighted by atomic mass is 9.93. The van der Waals surface area contributed by atoms with E-state index in [4.69, 9.17) is 4.74 Å². The molecule has 0 bridgehead atoms. The second-order valence-electron chi connectivity index (χ2n) is 4.96. The van der Waals surface area contributed by atoms with Crippen molar-refractivity contribution in [1.29, 1.82) is 0 Å². The lowest BCUT2D eigenvalue weighted by Gasteiger charge is -2.41. The topological polar surface area (TPSA) is 29.5 Å². The molecule has 0 aliphatic carbocycles. The maximum atomic E-state index is 11.9. The molecule has 1 aliphatic heterocycles. The van der Waals surface area contributed by atoms with Gasteiger partial charge in [-0.2, -0.15) is 0 Å². The molecule has 1 fully saturated rings. The van der Waals surface area contributed by atoms with Crippen molar-refractivity contribution in [3.63, 3.8) is 0 Å². The molecule has 0 spiro atoms. The van der Waals surface area contributed by atoms with E-state index in [1.807, 2.05) is 47.4 Å². The van der Waals surface area contributed by atoms with Crippen LogP contribution in [0, 0.1) is 0 Å². The molecule has 3 heteroatoms. The van der Waals surface area contributed by atoms with Crippen LogP contribution in [0.3, 0.4) is 0 Å². The Morgan fingerprint density at radius 1 is 1.10 bits per heavy atom. The van der Waals surface area contributed by atoms with Crippen molar-refractivity contribution in [2.75, 3.05) is 7.11 Å². The molecule has 1 heterocycles. The van der Waals surface area contributed by atoms with Crippen molar-refractivity contribution in [3.8, 4) is 5.75 Å². The van der Waals surface area contributed by atoms with E-state index in [0.717, 1.165) is 11.3 Å². The van der Waals surface area contributed by atoms with Gasteiger partial charge < -0.3 is 9.64 Å². The van der Waals surface area contributed by atoms with Crippen molar-refractivity contribution < 1.29 is 9.53 Å². The van der Waals surface area contributed by atoms with Crippen LogP contribution in [-0.4, -0.2) is 17.9 Å². The molecule has 102 valence electrons. The first kappa shape index (κ1) is 12.7. The van der Waals surface area contributed by atoms with E-state index >= 15 is 0 Å². The molecule has 1 saturated heterocycles. The highest BCUT2D eigenvalue weighted by Crippen LogP contribution is 2.36. The summed E-state index contributed by atoms with van der Waals surface area (Å²) in [5, 5.41) is 0. The number of hydrogen-bond donors (Lipinski definition) is 0. The molecule has 0 aromatic heterocycles. The zero-order valence-electron chi connectivity index (χ0n) is 11.5. The predicted molar refractivity (Wildman–Crippen MR) is 77.3 cm³/mol. The molecule has 0 unspecified atom stereocenters. The minimum atomic E-state index is 0.189. The standard InChI is InChI=1S/C17H17NO2/c1-20-16-10-6-5-9-14(16)12-18-15(11-17(18)19)13-7-3-2-4-8-13/h2-10,15H,11-12H2,1H3/t15-/m0/s1. The van der Waals surface area contributed by atoms with E-state index in [0.29, 0.717) is 13.0 Å². The Morgan fingerprint density at radius 2 is 1.80 bits per heavy atom. The van der Waals surface area contributed by atoms with Gasteiger partial charge in [0.15, 0.2) is 0 Å². The molecular formula is C17H17NO2. The Kier molecular flexibility index (Phi) is 3.42. The van der Waals surface area contributed by atoms with Gasteiger partial charge in [0, 0.05) is 12.1 Å². The number of nitrogens with zero attached hydrogens (tertiary/aromatic N) is 1. The third-order valence-corrected chi connectivity index (χ3v) is 3.78. The lowest BCUT2D eigenvalue weighted by molar-refractivity contribution is -0.147. The fourth-order valence-corrected chi connectivity index (χ4v) is 2.64. The zero-order chi connectivity index (χ0) is 13.9. The van der Waals surface area contributed by atoms with Crippen LogP contribution in [0.5, 0.6) is 5.75 Å². The highest BCUT2D eigenvalue weighted by molar-refractivity contribution is 5.83. The number of para-hydroxylation sites is 1. The van der Waals surface area contributed by atoms with Crippen LogP contribution in [0.25, 0.3) is 0 Å². The van der Waals surface area contributed by atoms with E-state index in [9.17, 15) is 4.79 Å². The first-order valence-electron chi connectivity index (χ1n) is 6.76. The second-order valence-corrected chi connectivity index (χ2v) is 4.96. The van der Waals surface area contributed by atoms with E-state index in [1.54, 1.807) is 7.11 Å². The molecule has 0 N–H and O–H groups in total. The van der Waals surface area contributed by atoms with Crippen molar-refractivity contribution >= 4 is 5.91 Å². The van der Waals surface area contributed by atoms with Crippen molar-refractivity contribution in [3.05, 3.63) is 65.7 Å². The third-order valence-electron chi connectivity index (χ3n) is 3.78. The molecule has 2 aromatic carbocycles. The number of rotatable bonds is 4. The zero-order valence-corrected chi connectivity index (χ0v) is 11.5. The van der Waals surface area contributed by atoms with Gasteiger partial charge in [-0.25, -0.2) is 0 Å². The largest absolute Gasteiger partial charge is 0.496 e. The van der Waals surface area contributed by atoms with E-state index in [1.165, 1.54) is 5.56 Å². The van der Waals surface area contributed by atoms with Crippen molar-refractivity contribution in [2.45, 2.75) is 19.0 Å². The van der Waals surface area contributed by atoms with Crippen LogP contribution in [0.2, 0.25) is 0 Å². The summed E-state index contributed by atoms with van der Waals surface area (Å²) < 4.78 is 5.35. The van der Waals surface area contributed by atoms with Gasteiger partial charge in [-0.3, -0.25) is 4.79 Å². The predicted octanol–water partition coefficient (Wildman–Crippen LogP) is 3.17. The van der Waals surface area contributed by atoms with Crippen LogP contribution < -0.4 is 4.74 Å². The van der Waals surface area contributed by atoms with Gasteiger partial charge in [0.1, 0.15) is 5.75 Å². The van der Waals surface area contributed by atoms with Crippen LogP contribution in [0.4, 0.5) is 0 Å². The first-order valence-corrected chi connectivity index (χ1v) is 6.76. The Balaban J connectivity index is 1.81. The molecule has 1 atom stereocenters. The van der Waals surface area contributed by atoms with Gasteiger partial charge in [0.05, 0.1) is 19.6 Å². The van der Waals surface area contributed by atoms with Gasteiger partial charge in [-0.15, -0.1) is 0 Å². The minimum absolute atomic E-state index is 0.189. The molecule has 20 heavy (non-hydrogen) atoms. The van der Waals surface area contributed by atoms with E-state index in [-0.39, 0.29) is 11.9 Å². The van der Waals surface area contributed by atoms with Crippen molar-refractivity contribution in [2.24, 2.45) is 0 Å². The highest BCUT2D eigenvalue weighted by atomic mass is 16.5. The number of ether oxygens (including phenoxy) is 1. The number of amides is 1. The summed E-state index contributed by atoms with van der Waals surface area (Å²) in [7, 11) is 1.66. The number of carbonyl (C=O) groups excluding carboxylic acids is 1. The number of benzene rings is 2. The summed E-state index contributed by atoms with van der Waals surface area (Å²) in [5.74, 6) is 1.03. The molecule has 3 rings (SSSR count). The summed E-state index contributed by atoms with van der Waals surface area (Å²) >= 11 is 0. The van der Waals surface area contributed by atoms with Gasteiger partial charge >= 0.3 is 0 Å². The summed E-state index contributed by atoms with van der Waals surface area (Å²) in [5.41, 5.74) is 2.24. The molecule has 1 aliphatic rings. The van der Waals surface area contributed by atoms with Crippen molar-refractivity contribution in [1.82, 2.24) is 4.90 Å². The van der Waals surface area contributed by atoms with E-state index < -0.39 is 0 Å². The SMILES string of the molecule is COc1ccccc1CN1C(=O)C[C@H]1c1ccccc1. The third kappa shape index (κ3) is 2.27. The Hall–Kier alpha value is -2.29. The van der Waals surface area contributed by atoms with Gasteiger partial charge in [0.2, 0.25) is 5.91 Å². The normalized spacial score (nSPS) is 17.8. The smallest absolute Gasteiger partial charge is 0.225 e. The average molecular weight is 267 g/mol. The minimum Gasteiger partial charge on any atom is -0.496 e. The summed E-state index contributed by atoms with van der Waals surface area (Å²) in [6, 6.07) is 18.2. The monoisotopic (exact) mass is 267 g/mol. The summed E-state index contributed by atoms with van der Waals surface area (Å²) in [4.78, 5) is 13.8. The molecule has 2 aromatic rings. The molecule has 3 nitrogen and oxygen atoms in total. The maximum Gasteiger partial charge on any atom is 0.225 e. The van der Waals surface area contributed by atoms with Gasteiger partial charge in [0.25, 0.3) is 0 Å². The average Bonchev–Trinajstić information content (AvgIpc) is 2.51. The number of β-lactam (4-membered cyclic amide) rings is 1. The second kappa shape index (κ2) is 5.37. The number of methoxy groups -OCH3 is 1. The number of likely N-dealkylation sites (tertiary alicyclic amines) is 1. The Bertz CT molecular complexity index is 609. The highest BCUT2D eigenvalue weighted by Gasteiger charge is 2.37. The molecule has 1 amide bonds. The summed E-state index contributed by atoms with van der Waals surface area (Å²) in [6.07, 6.45) is 0.596. The Labute approximate surface area is 118 Å².